The zero-order valence-corrected chi connectivity index (χ0v) is 15.5. The second-order valence-corrected chi connectivity index (χ2v) is 7.42. The van der Waals surface area contributed by atoms with Crippen LogP contribution in [0, 0.1) is 11.3 Å². The van der Waals surface area contributed by atoms with E-state index in [-0.39, 0.29) is 6.03 Å². The average Bonchev–Trinajstić information content (AvgIpc) is 2.73. The Morgan fingerprint density at radius 2 is 1.85 bits per heavy atom. The molecule has 1 N–H and O–H groups in total. The summed E-state index contributed by atoms with van der Waals surface area (Å²) >= 11 is 0. The van der Waals surface area contributed by atoms with Gasteiger partial charge in [0, 0.05) is 37.6 Å². The number of hydrogen-bond acceptors (Lipinski definition) is 4. The van der Waals surface area contributed by atoms with Gasteiger partial charge in [-0.15, -0.1) is 0 Å². The Morgan fingerprint density at radius 3 is 2.59 bits per heavy atom. The van der Waals surface area contributed by atoms with E-state index in [0.29, 0.717) is 37.8 Å². The fraction of sp³-hybridized carbons (Fsp3) is 0.476. The van der Waals surface area contributed by atoms with Crippen molar-refractivity contribution in [2.75, 3.05) is 31.1 Å². The monoisotopic (exact) mass is 363 g/mol. The maximum absolute atomic E-state index is 12.5. The number of amides is 2. The molecule has 1 saturated carbocycles. The van der Waals surface area contributed by atoms with E-state index in [4.69, 9.17) is 4.98 Å². The molecule has 6 heteroatoms. The van der Waals surface area contributed by atoms with E-state index in [1.165, 1.54) is 19.3 Å². The molecule has 140 valence electrons. The molecule has 2 aliphatic rings. The molecule has 2 amide bonds. The molecule has 1 aromatic carbocycles. The van der Waals surface area contributed by atoms with Gasteiger partial charge in [-0.2, -0.15) is 5.26 Å². The van der Waals surface area contributed by atoms with Gasteiger partial charge in [0.25, 0.3) is 0 Å². The second kappa shape index (κ2) is 7.83. The first-order valence-corrected chi connectivity index (χ1v) is 9.85. The molecule has 1 aromatic heterocycles. The largest absolute Gasteiger partial charge is 0.352 e. The van der Waals surface area contributed by atoms with Crippen LogP contribution in [0.4, 0.5) is 10.6 Å². The summed E-state index contributed by atoms with van der Waals surface area (Å²) in [7, 11) is 0. The normalized spacial score (nSPS) is 18.3. The lowest BCUT2D eigenvalue weighted by molar-refractivity contribution is 0.186. The van der Waals surface area contributed by atoms with Crippen LogP contribution in [0.2, 0.25) is 0 Å². The quantitative estimate of drug-likeness (QED) is 0.889. The Morgan fingerprint density at radius 1 is 1.11 bits per heavy atom. The van der Waals surface area contributed by atoms with Gasteiger partial charge in [-0.1, -0.05) is 37.5 Å². The smallest absolute Gasteiger partial charge is 0.317 e. The van der Waals surface area contributed by atoms with Gasteiger partial charge in [0.05, 0.1) is 11.1 Å². The first-order chi connectivity index (χ1) is 13.2. The van der Waals surface area contributed by atoms with E-state index < -0.39 is 0 Å². The predicted octanol–water partition coefficient (Wildman–Crippen LogP) is 3.27. The number of carbonyl (C=O) groups excluding carboxylic acids is 1. The number of aromatic nitrogens is 1. The van der Waals surface area contributed by atoms with Crippen LogP contribution in [0.1, 0.15) is 37.7 Å². The fourth-order valence-electron chi connectivity index (χ4n) is 4.06. The first kappa shape index (κ1) is 17.6. The highest BCUT2D eigenvalue weighted by Gasteiger charge is 2.25. The van der Waals surface area contributed by atoms with Crippen molar-refractivity contribution in [3.8, 4) is 6.07 Å². The number of urea groups is 1. The Hall–Kier alpha value is -2.81. The molecule has 4 rings (SSSR count). The number of benzene rings is 1. The van der Waals surface area contributed by atoms with E-state index in [1.807, 2.05) is 35.2 Å². The SMILES string of the molecule is N#Cc1cc2ccccc2nc1N1CCN(C(=O)NC2CCCCC2)CC1. The minimum absolute atomic E-state index is 0.0496. The van der Waals surface area contributed by atoms with Gasteiger partial charge in [-0.3, -0.25) is 0 Å². The van der Waals surface area contributed by atoms with Gasteiger partial charge in [0.15, 0.2) is 0 Å². The number of nitrogens with zero attached hydrogens (tertiary/aromatic N) is 4. The summed E-state index contributed by atoms with van der Waals surface area (Å²) in [6.07, 6.45) is 5.90. The summed E-state index contributed by atoms with van der Waals surface area (Å²) in [5, 5.41) is 13.7. The molecule has 0 unspecified atom stereocenters. The molecule has 0 spiro atoms. The van der Waals surface area contributed by atoms with Crippen LogP contribution in [0.15, 0.2) is 30.3 Å². The third-order valence-corrected chi connectivity index (χ3v) is 5.62. The minimum atomic E-state index is 0.0496. The highest BCUT2D eigenvalue weighted by molar-refractivity contribution is 5.83. The lowest BCUT2D eigenvalue weighted by Gasteiger charge is -2.36. The number of hydrogen-bond donors (Lipinski definition) is 1. The van der Waals surface area contributed by atoms with Crippen molar-refractivity contribution in [2.45, 2.75) is 38.1 Å². The van der Waals surface area contributed by atoms with Crippen LogP contribution in [-0.2, 0) is 0 Å². The predicted molar refractivity (Wildman–Crippen MR) is 106 cm³/mol. The number of anilines is 1. The van der Waals surface area contributed by atoms with Crippen LogP contribution >= 0.6 is 0 Å². The summed E-state index contributed by atoms with van der Waals surface area (Å²) in [5.41, 5.74) is 1.48. The lowest BCUT2D eigenvalue weighted by Crippen LogP contribution is -2.54. The third kappa shape index (κ3) is 3.82. The molecule has 2 aromatic rings. The average molecular weight is 363 g/mol. The van der Waals surface area contributed by atoms with Crippen molar-refractivity contribution in [3.05, 3.63) is 35.9 Å². The van der Waals surface area contributed by atoms with Crippen molar-refractivity contribution in [1.82, 2.24) is 15.2 Å². The van der Waals surface area contributed by atoms with Crippen LogP contribution < -0.4 is 10.2 Å². The first-order valence-electron chi connectivity index (χ1n) is 9.85. The number of pyridine rings is 1. The fourth-order valence-corrected chi connectivity index (χ4v) is 4.06. The summed E-state index contributed by atoms with van der Waals surface area (Å²) in [4.78, 5) is 21.3. The van der Waals surface area contributed by atoms with Gasteiger partial charge in [0.1, 0.15) is 11.9 Å². The maximum atomic E-state index is 12.5. The van der Waals surface area contributed by atoms with Gasteiger partial charge in [-0.05, 0) is 25.0 Å². The van der Waals surface area contributed by atoms with E-state index in [2.05, 4.69) is 16.3 Å². The van der Waals surface area contributed by atoms with Crippen molar-refractivity contribution in [3.63, 3.8) is 0 Å². The zero-order chi connectivity index (χ0) is 18.6. The maximum Gasteiger partial charge on any atom is 0.317 e. The van der Waals surface area contributed by atoms with E-state index in [1.54, 1.807) is 0 Å². The highest BCUT2D eigenvalue weighted by Crippen LogP contribution is 2.24. The molecule has 1 aliphatic carbocycles. The summed E-state index contributed by atoms with van der Waals surface area (Å²) in [6.45, 7) is 2.69. The van der Waals surface area contributed by atoms with Gasteiger partial charge in [-0.25, -0.2) is 9.78 Å². The highest BCUT2D eigenvalue weighted by atomic mass is 16.2. The van der Waals surface area contributed by atoms with Crippen LogP contribution in [0.3, 0.4) is 0 Å². The Labute approximate surface area is 159 Å². The summed E-state index contributed by atoms with van der Waals surface area (Å²) in [5.74, 6) is 0.725. The Balaban J connectivity index is 1.42. The van der Waals surface area contributed by atoms with Crippen molar-refractivity contribution < 1.29 is 4.79 Å². The minimum Gasteiger partial charge on any atom is -0.352 e. The molecule has 2 heterocycles. The Bertz CT molecular complexity index is 860. The van der Waals surface area contributed by atoms with Gasteiger partial charge in [0.2, 0.25) is 0 Å². The van der Waals surface area contributed by atoms with Gasteiger partial charge >= 0.3 is 6.03 Å². The second-order valence-electron chi connectivity index (χ2n) is 7.42. The number of fused-ring (bicyclic) bond motifs is 1. The van der Waals surface area contributed by atoms with E-state index >= 15 is 0 Å². The summed E-state index contributed by atoms with van der Waals surface area (Å²) < 4.78 is 0. The standard InChI is InChI=1S/C21H25N5O/c22-15-17-14-16-6-4-5-9-19(16)24-20(17)25-10-12-26(13-11-25)21(27)23-18-7-2-1-3-8-18/h4-6,9,14,18H,1-3,7-8,10-13H2,(H,23,27). The van der Waals surface area contributed by atoms with Crippen LogP contribution in [0.5, 0.6) is 0 Å². The van der Waals surface area contributed by atoms with E-state index in [0.717, 1.165) is 29.6 Å². The molecule has 27 heavy (non-hydrogen) atoms. The molecular formula is C21H25N5O. The zero-order valence-electron chi connectivity index (χ0n) is 15.5. The Kier molecular flexibility index (Phi) is 5.10. The molecular weight excluding hydrogens is 338 g/mol. The molecule has 1 saturated heterocycles. The topological polar surface area (TPSA) is 72.3 Å². The van der Waals surface area contributed by atoms with Crippen LogP contribution in [-0.4, -0.2) is 48.1 Å². The molecule has 0 radical (unpaired) electrons. The van der Waals surface area contributed by atoms with Crippen molar-refractivity contribution >= 4 is 22.8 Å². The molecule has 6 nitrogen and oxygen atoms in total. The summed E-state index contributed by atoms with van der Waals surface area (Å²) in [6, 6.07) is 12.4. The number of piperazine rings is 1. The molecule has 0 bridgehead atoms. The molecule has 0 atom stereocenters. The lowest BCUT2D eigenvalue weighted by atomic mass is 9.96. The van der Waals surface area contributed by atoms with E-state index in [9.17, 15) is 10.1 Å². The third-order valence-electron chi connectivity index (χ3n) is 5.62. The number of carbonyl (C=O) groups is 1. The molecule has 1 aliphatic heterocycles. The number of nitriles is 1. The number of rotatable bonds is 2. The number of para-hydroxylation sites is 1. The van der Waals surface area contributed by atoms with Crippen molar-refractivity contribution in [1.29, 1.82) is 5.26 Å². The van der Waals surface area contributed by atoms with Crippen LogP contribution in [0.25, 0.3) is 10.9 Å². The van der Waals surface area contributed by atoms with Gasteiger partial charge < -0.3 is 15.1 Å². The van der Waals surface area contributed by atoms with Crippen molar-refractivity contribution in [2.24, 2.45) is 0 Å². The molecule has 2 fully saturated rings. The number of nitrogens with one attached hydrogen (secondary N) is 1.